The van der Waals surface area contributed by atoms with E-state index in [1.54, 1.807) is 22.8 Å². The molecule has 0 saturated heterocycles. The maximum atomic E-state index is 6.02. The van der Waals surface area contributed by atoms with Gasteiger partial charge in [0, 0.05) is 9.79 Å². The van der Waals surface area contributed by atoms with Crippen LogP contribution < -0.4 is 0 Å². The second-order valence-corrected chi connectivity index (χ2v) is 10.2. The molecule has 2 rings (SSSR count). The highest BCUT2D eigenvalue weighted by atomic mass is 35.7. The predicted molar refractivity (Wildman–Crippen MR) is 55.7 cm³/mol. The van der Waals surface area contributed by atoms with Gasteiger partial charge in [0.15, 0.2) is 0 Å². The number of fused-ring (bicyclic) bond motifs is 1. The zero-order chi connectivity index (χ0) is 7.84. The van der Waals surface area contributed by atoms with Crippen molar-refractivity contribution >= 4 is 39.7 Å². The number of benzene rings is 1. The second kappa shape index (κ2) is 3.18. The fourth-order valence-electron chi connectivity index (χ4n) is 0.935. The zero-order valence-electron chi connectivity index (χ0n) is 5.87. The summed E-state index contributed by atoms with van der Waals surface area (Å²) in [5.41, 5.74) is 0.920. The third-order valence-electron chi connectivity index (χ3n) is 1.44. The summed E-state index contributed by atoms with van der Waals surface area (Å²) < 4.78 is 0. The van der Waals surface area contributed by atoms with Gasteiger partial charge in [-0.05, 0) is 24.6 Å². The van der Waals surface area contributed by atoms with E-state index >= 15 is 0 Å². The Morgan fingerprint density at radius 1 is 1.27 bits per heavy atom. The molecule has 1 aromatic rings. The summed E-state index contributed by atoms with van der Waals surface area (Å²) in [5.74, 6) is 0. The fourth-order valence-corrected chi connectivity index (χ4v) is 7.67. The number of aryl methyl sites for hydroxylation is 1. The second-order valence-electron chi connectivity index (χ2n) is 2.35. The monoisotopic (exact) mass is 220 g/mol. The van der Waals surface area contributed by atoms with E-state index in [1.165, 1.54) is 15.4 Å². The first-order valence-electron chi connectivity index (χ1n) is 3.18. The van der Waals surface area contributed by atoms with E-state index in [-0.39, 0.29) is 0 Å². The molecule has 1 aliphatic rings. The molecule has 0 saturated carbocycles. The molecule has 0 N–H and O–H groups in total. The van der Waals surface area contributed by atoms with Crippen LogP contribution in [0.15, 0.2) is 28.0 Å². The zero-order valence-corrected chi connectivity index (χ0v) is 9.16. The van der Waals surface area contributed by atoms with Crippen LogP contribution in [0, 0.1) is 6.92 Å². The van der Waals surface area contributed by atoms with Gasteiger partial charge in [0.2, 0.25) is 0 Å². The SMILES string of the molecule is Cc1ccc2c(c1)S[P@](Cl)S2. The fraction of sp³-hybridized carbons (Fsp3) is 0.143. The molecule has 0 amide bonds. The molecule has 0 aromatic heterocycles. The van der Waals surface area contributed by atoms with E-state index in [4.69, 9.17) is 11.2 Å². The molecule has 0 aliphatic carbocycles. The summed E-state index contributed by atoms with van der Waals surface area (Å²) in [4.78, 5) is 2.71. The Morgan fingerprint density at radius 2 is 2.00 bits per heavy atom. The van der Waals surface area contributed by atoms with E-state index in [0.717, 1.165) is 0 Å². The summed E-state index contributed by atoms with van der Waals surface area (Å²) in [6.45, 7) is 2.11. The van der Waals surface area contributed by atoms with E-state index in [2.05, 4.69) is 25.1 Å². The van der Waals surface area contributed by atoms with Gasteiger partial charge in [0.05, 0.1) is 0 Å². The summed E-state index contributed by atoms with van der Waals surface area (Å²) >= 11 is 9.61. The highest BCUT2D eigenvalue weighted by Gasteiger charge is 2.20. The Labute approximate surface area is 80.1 Å². The van der Waals surface area contributed by atoms with Crippen molar-refractivity contribution in [2.24, 2.45) is 0 Å². The number of rotatable bonds is 0. The number of halogens is 1. The Bertz CT molecular complexity index is 290. The quantitative estimate of drug-likeness (QED) is 0.584. The van der Waals surface area contributed by atoms with Gasteiger partial charge in [-0.2, -0.15) is 0 Å². The lowest BCUT2D eigenvalue weighted by molar-refractivity contribution is 1.23. The molecule has 0 bridgehead atoms. The van der Waals surface area contributed by atoms with Crippen molar-refractivity contribution in [1.82, 2.24) is 0 Å². The van der Waals surface area contributed by atoms with Crippen molar-refractivity contribution in [2.45, 2.75) is 16.7 Å². The van der Waals surface area contributed by atoms with E-state index in [1.807, 2.05) is 0 Å². The smallest absolute Gasteiger partial charge is 0.0708 e. The Kier molecular flexibility index (Phi) is 2.38. The molecule has 1 heterocycles. The van der Waals surface area contributed by atoms with Crippen molar-refractivity contribution in [1.29, 1.82) is 0 Å². The minimum Gasteiger partial charge on any atom is -0.0708 e. The van der Waals surface area contributed by atoms with Crippen LogP contribution in [-0.2, 0) is 0 Å². The first kappa shape index (κ1) is 8.25. The van der Waals surface area contributed by atoms with Gasteiger partial charge < -0.3 is 0 Å². The minimum atomic E-state index is -0.399. The molecule has 0 radical (unpaired) electrons. The molecular formula is C7H6ClPS2. The number of hydrogen-bond donors (Lipinski definition) is 0. The maximum absolute atomic E-state index is 6.02. The normalized spacial score (nSPS) is 21.8. The third-order valence-corrected chi connectivity index (χ3v) is 7.57. The molecule has 0 spiro atoms. The lowest BCUT2D eigenvalue weighted by Gasteiger charge is -1.95. The van der Waals surface area contributed by atoms with E-state index in [9.17, 15) is 0 Å². The van der Waals surface area contributed by atoms with Gasteiger partial charge >= 0.3 is 0 Å². The first-order chi connectivity index (χ1) is 5.25. The van der Waals surface area contributed by atoms with Gasteiger partial charge in [-0.1, -0.05) is 40.1 Å². The Balaban J connectivity index is 2.43. The molecule has 58 valence electrons. The largest absolute Gasteiger partial charge is 0.119 e. The van der Waals surface area contributed by atoms with Crippen LogP contribution in [0.3, 0.4) is 0 Å². The average Bonchev–Trinajstić information content (AvgIpc) is 2.27. The number of hydrogen-bond acceptors (Lipinski definition) is 2. The van der Waals surface area contributed by atoms with Crippen molar-refractivity contribution in [3.63, 3.8) is 0 Å². The van der Waals surface area contributed by atoms with Gasteiger partial charge in [-0.3, -0.25) is 0 Å². The van der Waals surface area contributed by atoms with Crippen molar-refractivity contribution < 1.29 is 0 Å². The summed E-state index contributed by atoms with van der Waals surface area (Å²) in [7, 11) is 0. The lowest BCUT2D eigenvalue weighted by atomic mass is 10.2. The molecule has 0 nitrogen and oxygen atoms in total. The average molecular weight is 221 g/mol. The van der Waals surface area contributed by atoms with E-state index < -0.39 is 5.68 Å². The third kappa shape index (κ3) is 1.70. The topological polar surface area (TPSA) is 0 Å². The predicted octanol–water partition coefficient (Wildman–Crippen LogP) is 4.66. The van der Waals surface area contributed by atoms with Gasteiger partial charge in [-0.15, -0.1) is 0 Å². The van der Waals surface area contributed by atoms with Crippen LogP contribution in [0.1, 0.15) is 5.56 Å². The molecule has 4 heteroatoms. The summed E-state index contributed by atoms with van der Waals surface area (Å²) in [5, 5.41) is 0. The standard InChI is InChI=1S/C7H6ClPS2/c1-5-2-3-6-7(4-5)11-9(8)10-6/h2-4H,1H3/t9-/m1/s1. The van der Waals surface area contributed by atoms with Crippen molar-refractivity contribution in [2.75, 3.05) is 0 Å². The highest BCUT2D eigenvalue weighted by molar-refractivity contribution is 8.95. The first-order valence-corrected chi connectivity index (χ1v) is 8.27. The van der Waals surface area contributed by atoms with Crippen LogP contribution >= 0.6 is 39.7 Å². The lowest BCUT2D eigenvalue weighted by Crippen LogP contribution is -1.73. The van der Waals surface area contributed by atoms with Crippen LogP contribution in [-0.4, -0.2) is 0 Å². The molecule has 1 atom stereocenters. The molecule has 11 heavy (non-hydrogen) atoms. The highest BCUT2D eigenvalue weighted by Crippen LogP contribution is 2.76. The molecule has 1 aliphatic heterocycles. The summed E-state index contributed by atoms with van der Waals surface area (Å²) in [6, 6.07) is 6.50. The van der Waals surface area contributed by atoms with Gasteiger partial charge in [0.25, 0.3) is 0 Å². The van der Waals surface area contributed by atoms with Crippen molar-refractivity contribution in [3.8, 4) is 0 Å². The Morgan fingerprint density at radius 3 is 2.82 bits per heavy atom. The van der Waals surface area contributed by atoms with Crippen LogP contribution in [0.5, 0.6) is 0 Å². The maximum Gasteiger partial charge on any atom is 0.119 e. The van der Waals surface area contributed by atoms with Gasteiger partial charge in [-0.25, -0.2) is 0 Å². The van der Waals surface area contributed by atoms with Crippen LogP contribution in [0.4, 0.5) is 0 Å². The molecular weight excluding hydrogens is 215 g/mol. The van der Waals surface area contributed by atoms with E-state index in [0.29, 0.717) is 0 Å². The van der Waals surface area contributed by atoms with Crippen LogP contribution in [0.25, 0.3) is 0 Å². The Hall–Kier alpha value is 0.640. The van der Waals surface area contributed by atoms with Crippen LogP contribution in [0.2, 0.25) is 0 Å². The van der Waals surface area contributed by atoms with Crippen molar-refractivity contribution in [3.05, 3.63) is 23.8 Å². The molecule has 1 aromatic carbocycles. The molecule has 0 unspecified atom stereocenters. The summed E-state index contributed by atoms with van der Waals surface area (Å²) in [6.07, 6.45) is 0. The molecule has 0 fully saturated rings. The minimum absolute atomic E-state index is 0.399. The van der Waals surface area contributed by atoms with Gasteiger partial charge in [0.1, 0.15) is 5.68 Å².